The average molecular weight is 549 g/mol. The monoisotopic (exact) mass is 548 g/mol. The average Bonchev–Trinajstić information content (AvgIpc) is 3.20. The van der Waals surface area contributed by atoms with Crippen LogP contribution in [-0.4, -0.2) is 28.5 Å². The maximum atomic E-state index is 13.9. The summed E-state index contributed by atoms with van der Waals surface area (Å²) in [6.45, 7) is -0.463. The number of anilines is 1. The van der Waals surface area contributed by atoms with Gasteiger partial charge in [0.1, 0.15) is 18.9 Å². The molecule has 1 heterocycles. The van der Waals surface area contributed by atoms with Crippen molar-refractivity contribution in [3.63, 3.8) is 0 Å². The minimum atomic E-state index is -1.75. The van der Waals surface area contributed by atoms with Crippen LogP contribution in [0.2, 0.25) is 0 Å². The van der Waals surface area contributed by atoms with Crippen LogP contribution in [0.3, 0.4) is 0 Å². The fourth-order valence-electron chi connectivity index (χ4n) is 4.01. The normalized spacial score (nSPS) is 14.3. The molecule has 1 saturated heterocycles. The molecule has 3 amide bonds. The minimum Gasteiger partial charge on any atom is -0.488 e. The molecule has 1 N–H and O–H groups in total. The standard InChI is InChI=1S/C29H19F3N2O4S/c30-21-11-12-22(27(32)26(21)31)33-25(35)15-34-28(36)24(39-29(34)37)14-20-19-9-5-4-8-18(19)10-13-23(20)38-16-17-6-2-1-3-7-17/h1-14H,15-16H2,(H,33,35)/b24-14+. The highest BCUT2D eigenvalue weighted by Gasteiger charge is 2.36. The number of nitrogens with zero attached hydrogens (tertiary/aromatic N) is 1. The van der Waals surface area contributed by atoms with Crippen molar-refractivity contribution >= 4 is 51.4 Å². The van der Waals surface area contributed by atoms with Gasteiger partial charge in [0.25, 0.3) is 11.1 Å². The van der Waals surface area contributed by atoms with Crippen LogP contribution in [0.1, 0.15) is 11.1 Å². The van der Waals surface area contributed by atoms with E-state index in [-0.39, 0.29) is 11.5 Å². The Morgan fingerprint density at radius 2 is 1.64 bits per heavy atom. The first-order valence-electron chi connectivity index (χ1n) is 11.7. The van der Waals surface area contributed by atoms with Crippen LogP contribution in [0.15, 0.2) is 83.8 Å². The van der Waals surface area contributed by atoms with E-state index in [1.807, 2.05) is 60.7 Å². The highest BCUT2D eigenvalue weighted by Crippen LogP contribution is 2.37. The fraction of sp³-hybridized carbons (Fsp3) is 0.0690. The van der Waals surface area contributed by atoms with E-state index in [1.54, 1.807) is 12.1 Å². The van der Waals surface area contributed by atoms with Gasteiger partial charge in [0.15, 0.2) is 17.5 Å². The Balaban J connectivity index is 1.39. The Hall–Kier alpha value is -4.57. The van der Waals surface area contributed by atoms with E-state index in [9.17, 15) is 27.6 Å². The molecular weight excluding hydrogens is 529 g/mol. The molecule has 0 unspecified atom stereocenters. The smallest absolute Gasteiger partial charge is 0.294 e. The largest absolute Gasteiger partial charge is 0.488 e. The molecule has 0 saturated carbocycles. The molecule has 0 bridgehead atoms. The number of benzene rings is 4. The molecule has 0 aliphatic carbocycles. The maximum absolute atomic E-state index is 13.9. The van der Waals surface area contributed by atoms with Crippen LogP contribution in [0.25, 0.3) is 16.8 Å². The van der Waals surface area contributed by atoms with Gasteiger partial charge in [-0.25, -0.2) is 13.2 Å². The fourth-order valence-corrected chi connectivity index (χ4v) is 4.83. The summed E-state index contributed by atoms with van der Waals surface area (Å²) in [5, 5.41) is 3.04. The van der Waals surface area contributed by atoms with Crippen molar-refractivity contribution in [1.29, 1.82) is 0 Å². The molecule has 4 aromatic rings. The molecule has 4 aromatic carbocycles. The van der Waals surface area contributed by atoms with E-state index in [4.69, 9.17) is 4.74 Å². The van der Waals surface area contributed by atoms with Gasteiger partial charge in [0.05, 0.1) is 10.6 Å². The number of carbonyl (C=O) groups excluding carboxylic acids is 3. The summed E-state index contributed by atoms with van der Waals surface area (Å²) in [6, 6.07) is 22.2. The molecule has 10 heteroatoms. The Labute approximate surface area is 225 Å². The molecule has 1 aliphatic heterocycles. The molecule has 6 nitrogen and oxygen atoms in total. The van der Waals surface area contributed by atoms with Crippen molar-refractivity contribution in [2.24, 2.45) is 0 Å². The second-order valence-electron chi connectivity index (χ2n) is 8.51. The van der Waals surface area contributed by atoms with E-state index < -0.39 is 46.7 Å². The van der Waals surface area contributed by atoms with Crippen molar-refractivity contribution in [2.45, 2.75) is 6.61 Å². The van der Waals surface area contributed by atoms with Crippen LogP contribution < -0.4 is 10.1 Å². The zero-order chi connectivity index (χ0) is 27.5. The first-order chi connectivity index (χ1) is 18.8. The van der Waals surface area contributed by atoms with Crippen molar-refractivity contribution in [3.05, 3.63) is 112 Å². The van der Waals surface area contributed by atoms with Crippen LogP contribution in [0, 0.1) is 17.5 Å². The zero-order valence-corrected chi connectivity index (χ0v) is 20.9. The Morgan fingerprint density at radius 1 is 0.897 bits per heavy atom. The second-order valence-corrected chi connectivity index (χ2v) is 9.50. The molecule has 39 heavy (non-hydrogen) atoms. The number of rotatable bonds is 7. The lowest BCUT2D eigenvalue weighted by Gasteiger charge is -2.14. The van der Waals surface area contributed by atoms with Crippen molar-refractivity contribution in [1.82, 2.24) is 4.90 Å². The zero-order valence-electron chi connectivity index (χ0n) is 20.1. The first-order valence-corrected chi connectivity index (χ1v) is 12.5. The van der Waals surface area contributed by atoms with E-state index in [1.165, 1.54) is 0 Å². The number of amides is 3. The molecule has 0 spiro atoms. The number of fused-ring (bicyclic) bond motifs is 1. The van der Waals surface area contributed by atoms with E-state index >= 15 is 0 Å². The number of ether oxygens (including phenoxy) is 1. The number of imide groups is 1. The van der Waals surface area contributed by atoms with Crippen molar-refractivity contribution in [3.8, 4) is 5.75 Å². The molecule has 0 aromatic heterocycles. The highest BCUT2D eigenvalue weighted by molar-refractivity contribution is 8.18. The number of halogens is 3. The molecule has 1 fully saturated rings. The topological polar surface area (TPSA) is 75.7 Å². The summed E-state index contributed by atoms with van der Waals surface area (Å²) in [6.07, 6.45) is 1.54. The lowest BCUT2D eigenvalue weighted by Crippen LogP contribution is -2.36. The SMILES string of the molecule is O=C(CN1C(=O)S/C(=C/c2c(OCc3ccccc3)ccc3ccccc23)C1=O)Nc1ccc(F)c(F)c1F. The summed E-state index contributed by atoms with van der Waals surface area (Å²) < 4.78 is 46.6. The van der Waals surface area contributed by atoms with Gasteiger partial charge in [-0.05, 0) is 52.4 Å². The van der Waals surface area contributed by atoms with Gasteiger partial charge < -0.3 is 10.1 Å². The van der Waals surface area contributed by atoms with Gasteiger partial charge in [0.2, 0.25) is 5.91 Å². The van der Waals surface area contributed by atoms with Gasteiger partial charge in [-0.2, -0.15) is 0 Å². The quantitative estimate of drug-likeness (QED) is 0.211. The summed E-state index contributed by atoms with van der Waals surface area (Å²) in [5.74, 6) is -5.94. The number of nitrogens with one attached hydrogen (secondary N) is 1. The van der Waals surface area contributed by atoms with Gasteiger partial charge >= 0.3 is 0 Å². The van der Waals surface area contributed by atoms with Crippen LogP contribution in [0.4, 0.5) is 23.7 Å². The Morgan fingerprint density at radius 3 is 2.44 bits per heavy atom. The third kappa shape index (κ3) is 5.51. The van der Waals surface area contributed by atoms with Gasteiger partial charge in [-0.15, -0.1) is 0 Å². The summed E-state index contributed by atoms with van der Waals surface area (Å²) in [4.78, 5) is 38.9. The third-order valence-electron chi connectivity index (χ3n) is 5.93. The second kappa shape index (κ2) is 11.0. The molecule has 196 valence electrons. The number of hydrogen-bond acceptors (Lipinski definition) is 5. The first kappa shape index (κ1) is 26.1. The predicted octanol–water partition coefficient (Wildman–Crippen LogP) is 6.51. The molecule has 0 radical (unpaired) electrons. The summed E-state index contributed by atoms with van der Waals surface area (Å²) in [5.41, 5.74) is 0.917. The predicted molar refractivity (Wildman–Crippen MR) is 142 cm³/mol. The van der Waals surface area contributed by atoms with Crippen molar-refractivity contribution in [2.75, 3.05) is 11.9 Å². The van der Waals surface area contributed by atoms with Crippen LogP contribution in [0.5, 0.6) is 5.75 Å². The molecular formula is C29H19F3N2O4S. The Kier molecular flexibility index (Phi) is 7.38. The van der Waals surface area contributed by atoms with Crippen LogP contribution >= 0.6 is 11.8 Å². The molecule has 0 atom stereocenters. The van der Waals surface area contributed by atoms with Gasteiger partial charge in [0, 0.05) is 5.56 Å². The third-order valence-corrected chi connectivity index (χ3v) is 6.84. The maximum Gasteiger partial charge on any atom is 0.294 e. The summed E-state index contributed by atoms with van der Waals surface area (Å²) >= 11 is 0.644. The van der Waals surface area contributed by atoms with Gasteiger partial charge in [-0.3, -0.25) is 19.3 Å². The Bertz CT molecular complexity index is 1640. The number of hydrogen-bond donors (Lipinski definition) is 1. The summed E-state index contributed by atoms with van der Waals surface area (Å²) in [7, 11) is 0. The van der Waals surface area contributed by atoms with E-state index in [0.717, 1.165) is 22.4 Å². The van der Waals surface area contributed by atoms with E-state index in [0.29, 0.717) is 34.0 Å². The van der Waals surface area contributed by atoms with Gasteiger partial charge in [-0.1, -0.05) is 60.7 Å². The lowest BCUT2D eigenvalue weighted by atomic mass is 10.0. The molecule has 5 rings (SSSR count). The molecule has 1 aliphatic rings. The lowest BCUT2D eigenvalue weighted by molar-refractivity contribution is -0.127. The number of thioether (sulfide) groups is 1. The van der Waals surface area contributed by atoms with E-state index in [2.05, 4.69) is 5.32 Å². The van der Waals surface area contributed by atoms with Crippen LogP contribution in [-0.2, 0) is 16.2 Å². The minimum absolute atomic E-state index is 0.0627. The number of carbonyl (C=O) groups is 3. The highest BCUT2D eigenvalue weighted by atomic mass is 32.2. The van der Waals surface area contributed by atoms with Crippen molar-refractivity contribution < 1.29 is 32.3 Å².